The molecule has 1 aliphatic rings. The van der Waals surface area contributed by atoms with Crippen LogP contribution in [0.15, 0.2) is 28.7 Å². The number of hydrogen-bond donors (Lipinski definition) is 0. The van der Waals surface area contributed by atoms with Crippen molar-refractivity contribution in [2.24, 2.45) is 5.92 Å². The van der Waals surface area contributed by atoms with Crippen LogP contribution in [0.2, 0.25) is 0 Å². The van der Waals surface area contributed by atoms with Gasteiger partial charge in [-0.1, -0.05) is 15.9 Å². The maximum atomic E-state index is 11.8. The van der Waals surface area contributed by atoms with Gasteiger partial charge < -0.3 is 9.47 Å². The smallest absolute Gasteiger partial charge is 0.310 e. The van der Waals surface area contributed by atoms with E-state index in [1.165, 1.54) is 0 Å². The molecule has 0 aliphatic carbocycles. The first-order chi connectivity index (χ1) is 10.2. The van der Waals surface area contributed by atoms with Gasteiger partial charge in [0.1, 0.15) is 12.4 Å². The molecule has 1 saturated heterocycles. The molecule has 0 aromatic heterocycles. The van der Waals surface area contributed by atoms with Crippen LogP contribution in [0.3, 0.4) is 0 Å². The van der Waals surface area contributed by atoms with Crippen LogP contribution >= 0.6 is 15.9 Å². The van der Waals surface area contributed by atoms with E-state index in [2.05, 4.69) is 20.8 Å². The van der Waals surface area contributed by atoms with Gasteiger partial charge in [-0.2, -0.15) is 0 Å². The number of carbonyl (C=O) groups is 1. The second-order valence-corrected chi connectivity index (χ2v) is 6.11. The van der Waals surface area contributed by atoms with Crippen molar-refractivity contribution < 1.29 is 14.3 Å². The molecule has 1 atom stereocenters. The highest BCUT2D eigenvalue weighted by atomic mass is 79.9. The Hall–Kier alpha value is -1.07. The molecule has 1 heterocycles. The van der Waals surface area contributed by atoms with E-state index >= 15 is 0 Å². The number of halogens is 1. The summed E-state index contributed by atoms with van der Waals surface area (Å²) in [6, 6.07) is 7.82. The normalized spacial score (nSPS) is 19.2. The second-order valence-electron chi connectivity index (χ2n) is 5.19. The van der Waals surface area contributed by atoms with E-state index in [1.54, 1.807) is 0 Å². The largest absolute Gasteiger partial charge is 0.492 e. The third-order valence-electron chi connectivity index (χ3n) is 3.62. The molecule has 0 saturated carbocycles. The Morgan fingerprint density at radius 2 is 2.14 bits per heavy atom. The number of ether oxygens (including phenoxy) is 2. The van der Waals surface area contributed by atoms with Crippen molar-refractivity contribution in [3.63, 3.8) is 0 Å². The summed E-state index contributed by atoms with van der Waals surface area (Å²) in [7, 11) is 0. The summed E-state index contributed by atoms with van der Waals surface area (Å²) >= 11 is 3.40. The van der Waals surface area contributed by atoms with Crippen LogP contribution in [0.5, 0.6) is 5.75 Å². The van der Waals surface area contributed by atoms with Gasteiger partial charge in [0.15, 0.2) is 0 Å². The van der Waals surface area contributed by atoms with Crippen LogP contribution in [0, 0.1) is 5.92 Å². The molecule has 21 heavy (non-hydrogen) atoms. The Labute approximate surface area is 134 Å². The average molecular weight is 356 g/mol. The SMILES string of the molecule is CCOC(=O)[C@@H]1CCCN(CCOc2ccc(Br)cc2)C1. The van der Waals surface area contributed by atoms with Gasteiger partial charge in [0.2, 0.25) is 0 Å². The molecule has 0 unspecified atom stereocenters. The predicted molar refractivity (Wildman–Crippen MR) is 85.4 cm³/mol. The van der Waals surface area contributed by atoms with Crippen LogP contribution < -0.4 is 4.74 Å². The molecule has 5 heteroatoms. The molecule has 116 valence electrons. The van der Waals surface area contributed by atoms with E-state index in [9.17, 15) is 4.79 Å². The van der Waals surface area contributed by atoms with Crippen LogP contribution in [-0.2, 0) is 9.53 Å². The lowest BCUT2D eigenvalue weighted by Gasteiger charge is -2.31. The average Bonchev–Trinajstić information content (AvgIpc) is 2.50. The van der Waals surface area contributed by atoms with E-state index in [4.69, 9.17) is 9.47 Å². The van der Waals surface area contributed by atoms with Crippen LogP contribution in [-0.4, -0.2) is 43.7 Å². The zero-order valence-electron chi connectivity index (χ0n) is 12.4. The highest BCUT2D eigenvalue weighted by Gasteiger charge is 2.26. The van der Waals surface area contributed by atoms with Crippen molar-refractivity contribution in [3.8, 4) is 5.75 Å². The molecule has 0 spiro atoms. The predicted octanol–water partition coefficient (Wildman–Crippen LogP) is 3.10. The lowest BCUT2D eigenvalue weighted by atomic mass is 9.98. The topological polar surface area (TPSA) is 38.8 Å². The number of benzene rings is 1. The Morgan fingerprint density at radius 3 is 2.86 bits per heavy atom. The van der Waals surface area contributed by atoms with E-state index < -0.39 is 0 Å². The first kappa shape index (κ1) is 16.3. The minimum Gasteiger partial charge on any atom is -0.492 e. The maximum Gasteiger partial charge on any atom is 0.310 e. The fourth-order valence-electron chi connectivity index (χ4n) is 2.53. The Balaban J connectivity index is 1.72. The fourth-order valence-corrected chi connectivity index (χ4v) is 2.80. The molecule has 1 fully saturated rings. The van der Waals surface area contributed by atoms with Crippen molar-refractivity contribution in [1.29, 1.82) is 0 Å². The molecular formula is C16H22BrNO3. The molecule has 4 nitrogen and oxygen atoms in total. The minimum absolute atomic E-state index is 0.0198. The van der Waals surface area contributed by atoms with Crippen molar-refractivity contribution in [2.75, 3.05) is 32.8 Å². The highest BCUT2D eigenvalue weighted by molar-refractivity contribution is 9.10. The molecule has 1 aromatic rings. The van der Waals surface area contributed by atoms with Gasteiger partial charge in [-0.3, -0.25) is 9.69 Å². The van der Waals surface area contributed by atoms with Crippen LogP contribution in [0.25, 0.3) is 0 Å². The van der Waals surface area contributed by atoms with Gasteiger partial charge in [0.25, 0.3) is 0 Å². The van der Waals surface area contributed by atoms with Gasteiger partial charge in [-0.15, -0.1) is 0 Å². The molecule has 0 radical (unpaired) electrons. The standard InChI is InChI=1S/C16H22BrNO3/c1-2-20-16(19)13-4-3-9-18(12-13)10-11-21-15-7-5-14(17)6-8-15/h5-8,13H,2-4,9-12H2,1H3/t13-/m1/s1. The third-order valence-corrected chi connectivity index (χ3v) is 4.14. The quantitative estimate of drug-likeness (QED) is 0.735. The number of rotatable bonds is 6. The Bertz CT molecular complexity index is 449. The Morgan fingerprint density at radius 1 is 1.38 bits per heavy atom. The first-order valence-electron chi connectivity index (χ1n) is 7.46. The number of nitrogens with zero attached hydrogens (tertiary/aromatic N) is 1. The van der Waals surface area contributed by atoms with Crippen molar-refractivity contribution in [1.82, 2.24) is 4.90 Å². The van der Waals surface area contributed by atoms with Gasteiger partial charge in [-0.25, -0.2) is 0 Å². The Kier molecular flexibility index (Phi) is 6.51. The van der Waals surface area contributed by atoms with Crippen molar-refractivity contribution in [2.45, 2.75) is 19.8 Å². The third kappa shape index (κ3) is 5.32. The van der Waals surface area contributed by atoms with Gasteiger partial charge in [0.05, 0.1) is 12.5 Å². The molecule has 0 bridgehead atoms. The van der Waals surface area contributed by atoms with Gasteiger partial charge in [-0.05, 0) is 50.6 Å². The number of carbonyl (C=O) groups excluding carboxylic acids is 1. The minimum atomic E-state index is -0.0592. The molecule has 0 amide bonds. The summed E-state index contributed by atoms with van der Waals surface area (Å²) < 4.78 is 11.9. The van der Waals surface area contributed by atoms with Crippen molar-refractivity contribution in [3.05, 3.63) is 28.7 Å². The van der Waals surface area contributed by atoms with E-state index in [0.29, 0.717) is 13.2 Å². The summed E-state index contributed by atoms with van der Waals surface area (Å²) in [5, 5.41) is 0. The summed E-state index contributed by atoms with van der Waals surface area (Å²) in [6.07, 6.45) is 1.98. The molecule has 2 rings (SSSR count). The lowest BCUT2D eigenvalue weighted by molar-refractivity contribution is -0.150. The second kappa shape index (κ2) is 8.39. The summed E-state index contributed by atoms with van der Waals surface area (Å²) in [5.74, 6) is 0.833. The van der Waals surface area contributed by atoms with E-state index in [-0.39, 0.29) is 11.9 Å². The maximum absolute atomic E-state index is 11.8. The summed E-state index contributed by atoms with van der Waals surface area (Å²) in [6.45, 7) is 5.60. The van der Waals surface area contributed by atoms with Crippen LogP contribution in [0.1, 0.15) is 19.8 Å². The van der Waals surface area contributed by atoms with Crippen molar-refractivity contribution >= 4 is 21.9 Å². The van der Waals surface area contributed by atoms with Crippen LogP contribution in [0.4, 0.5) is 0 Å². The molecular weight excluding hydrogens is 334 g/mol. The number of hydrogen-bond acceptors (Lipinski definition) is 4. The van der Waals surface area contributed by atoms with Gasteiger partial charge in [0, 0.05) is 17.6 Å². The first-order valence-corrected chi connectivity index (χ1v) is 8.25. The molecule has 1 aromatic carbocycles. The highest BCUT2D eigenvalue weighted by Crippen LogP contribution is 2.19. The zero-order chi connectivity index (χ0) is 15.1. The number of likely N-dealkylation sites (tertiary alicyclic amines) is 1. The number of esters is 1. The lowest BCUT2D eigenvalue weighted by Crippen LogP contribution is -2.41. The fraction of sp³-hybridized carbons (Fsp3) is 0.562. The van der Waals surface area contributed by atoms with E-state index in [0.717, 1.165) is 42.7 Å². The zero-order valence-corrected chi connectivity index (χ0v) is 14.0. The summed E-state index contributed by atoms with van der Waals surface area (Å²) in [4.78, 5) is 14.1. The molecule has 0 N–H and O–H groups in total. The summed E-state index contributed by atoms with van der Waals surface area (Å²) in [5.41, 5.74) is 0. The van der Waals surface area contributed by atoms with Gasteiger partial charge >= 0.3 is 5.97 Å². The number of piperidine rings is 1. The monoisotopic (exact) mass is 355 g/mol. The molecule has 1 aliphatic heterocycles. The van der Waals surface area contributed by atoms with E-state index in [1.807, 2.05) is 31.2 Å².